The van der Waals surface area contributed by atoms with E-state index in [4.69, 9.17) is 5.11 Å². The largest absolute Gasteiger partial charge is 0.478 e. The molecule has 0 radical (unpaired) electrons. The number of nitrogens with one attached hydrogen (secondary N) is 2. The summed E-state index contributed by atoms with van der Waals surface area (Å²) in [5, 5.41) is 11.9. The summed E-state index contributed by atoms with van der Waals surface area (Å²) in [6, 6.07) is 7.93. The van der Waals surface area contributed by atoms with E-state index in [9.17, 15) is 18.4 Å². The van der Waals surface area contributed by atoms with Crippen molar-refractivity contribution in [2.24, 2.45) is 0 Å². The van der Waals surface area contributed by atoms with Crippen LogP contribution in [0.4, 0.5) is 8.78 Å². The molecule has 0 fully saturated rings. The number of aromatic carboxylic acids is 1. The smallest absolute Gasteiger partial charge is 0.338 e. The number of hydrogen-bond acceptors (Lipinski definition) is 2. The molecule has 24 heavy (non-hydrogen) atoms. The van der Waals surface area contributed by atoms with E-state index in [1.54, 1.807) is 18.2 Å². The van der Waals surface area contributed by atoms with Crippen LogP contribution < -0.4 is 5.32 Å². The zero-order valence-electron chi connectivity index (χ0n) is 12.5. The molecule has 2 aromatic carbocycles. The topological polar surface area (TPSA) is 82.2 Å². The molecular weight excluding hydrogens is 318 g/mol. The lowest BCUT2D eigenvalue weighted by molar-refractivity contribution is 0.0691. The summed E-state index contributed by atoms with van der Waals surface area (Å²) in [6.45, 7) is 0. The van der Waals surface area contributed by atoms with Gasteiger partial charge in [-0.25, -0.2) is 13.6 Å². The summed E-state index contributed by atoms with van der Waals surface area (Å²) < 4.78 is 28.3. The fraction of sp³-hybridized carbons (Fsp3) is 0.0588. The zero-order chi connectivity index (χ0) is 17.4. The number of halogens is 2. The van der Waals surface area contributed by atoms with E-state index < -0.39 is 23.2 Å². The van der Waals surface area contributed by atoms with Gasteiger partial charge in [-0.1, -0.05) is 12.1 Å². The van der Waals surface area contributed by atoms with Gasteiger partial charge in [0.2, 0.25) is 0 Å². The van der Waals surface area contributed by atoms with Gasteiger partial charge in [0.1, 0.15) is 17.3 Å². The molecule has 1 aromatic heterocycles. The van der Waals surface area contributed by atoms with Gasteiger partial charge in [-0.15, -0.1) is 0 Å². The summed E-state index contributed by atoms with van der Waals surface area (Å²) in [5.41, 5.74) is 0.401. The average Bonchev–Trinajstić information content (AvgIpc) is 2.99. The van der Waals surface area contributed by atoms with E-state index in [2.05, 4.69) is 10.3 Å². The van der Waals surface area contributed by atoms with E-state index in [0.717, 1.165) is 6.07 Å². The zero-order valence-corrected chi connectivity index (χ0v) is 12.5. The molecule has 3 N–H and O–H groups in total. The standard InChI is InChI=1S/C17H12F2N2O3/c1-20-16(22)15-7-10-8(3-2-4-14(10)21-15)9-5-13(19)11(17(23)24)6-12(9)18/h2-7,21H,1H3,(H,20,22)(H,23,24). The van der Waals surface area contributed by atoms with Crippen LogP contribution in [-0.2, 0) is 0 Å². The van der Waals surface area contributed by atoms with Crippen LogP contribution in [-0.4, -0.2) is 29.0 Å². The van der Waals surface area contributed by atoms with Gasteiger partial charge in [0.05, 0.1) is 5.56 Å². The van der Waals surface area contributed by atoms with Crippen LogP contribution >= 0.6 is 0 Å². The Morgan fingerprint density at radius 2 is 1.83 bits per heavy atom. The Bertz CT molecular complexity index is 979. The van der Waals surface area contributed by atoms with Crippen molar-refractivity contribution < 1.29 is 23.5 Å². The monoisotopic (exact) mass is 330 g/mol. The molecule has 0 bridgehead atoms. The van der Waals surface area contributed by atoms with Crippen molar-refractivity contribution in [2.45, 2.75) is 0 Å². The molecule has 122 valence electrons. The minimum atomic E-state index is -1.54. The second kappa shape index (κ2) is 5.77. The highest BCUT2D eigenvalue weighted by Crippen LogP contribution is 2.32. The summed E-state index contributed by atoms with van der Waals surface area (Å²) in [6.07, 6.45) is 0. The lowest BCUT2D eigenvalue weighted by Gasteiger charge is -2.07. The van der Waals surface area contributed by atoms with E-state index in [1.807, 2.05) is 0 Å². The quantitative estimate of drug-likeness (QED) is 0.690. The van der Waals surface area contributed by atoms with Crippen molar-refractivity contribution in [3.63, 3.8) is 0 Å². The van der Waals surface area contributed by atoms with Gasteiger partial charge in [0, 0.05) is 23.5 Å². The van der Waals surface area contributed by atoms with Crippen molar-refractivity contribution >= 4 is 22.8 Å². The normalized spacial score (nSPS) is 10.8. The number of carboxylic acid groups (broad SMARTS) is 1. The number of fused-ring (bicyclic) bond motifs is 1. The summed E-state index contributed by atoms with van der Waals surface area (Å²) in [7, 11) is 1.48. The van der Waals surface area contributed by atoms with Gasteiger partial charge in [-0.05, 0) is 29.8 Å². The molecule has 3 aromatic rings. The van der Waals surface area contributed by atoms with Crippen molar-refractivity contribution in [1.82, 2.24) is 10.3 Å². The van der Waals surface area contributed by atoms with Gasteiger partial charge in [-0.3, -0.25) is 4.79 Å². The molecular formula is C17H12F2N2O3. The Morgan fingerprint density at radius 1 is 1.08 bits per heavy atom. The predicted octanol–water partition coefficient (Wildman–Crippen LogP) is 3.17. The first-order valence-electron chi connectivity index (χ1n) is 6.99. The van der Waals surface area contributed by atoms with Crippen LogP contribution in [0.25, 0.3) is 22.0 Å². The maximum absolute atomic E-state index is 14.3. The number of carboxylic acids is 1. The number of benzene rings is 2. The molecule has 5 nitrogen and oxygen atoms in total. The number of carbonyl (C=O) groups excluding carboxylic acids is 1. The molecule has 0 saturated heterocycles. The van der Waals surface area contributed by atoms with E-state index >= 15 is 0 Å². The summed E-state index contributed by atoms with van der Waals surface area (Å²) >= 11 is 0. The fourth-order valence-electron chi connectivity index (χ4n) is 2.56. The highest BCUT2D eigenvalue weighted by Gasteiger charge is 2.18. The van der Waals surface area contributed by atoms with Crippen LogP contribution in [0.5, 0.6) is 0 Å². The molecule has 0 aliphatic heterocycles. The molecule has 3 rings (SSSR count). The van der Waals surface area contributed by atoms with Gasteiger partial charge < -0.3 is 15.4 Å². The first-order chi connectivity index (χ1) is 11.4. The Labute approximate surface area is 134 Å². The SMILES string of the molecule is CNC(=O)c1cc2c(-c3cc(F)c(C(=O)O)cc3F)cccc2[nH]1. The van der Waals surface area contributed by atoms with Gasteiger partial charge >= 0.3 is 5.97 Å². The molecule has 0 unspecified atom stereocenters. The second-order valence-electron chi connectivity index (χ2n) is 5.15. The maximum Gasteiger partial charge on any atom is 0.338 e. The van der Waals surface area contributed by atoms with Crippen LogP contribution in [0.15, 0.2) is 36.4 Å². The van der Waals surface area contributed by atoms with Gasteiger partial charge in [0.15, 0.2) is 0 Å². The predicted molar refractivity (Wildman–Crippen MR) is 84.0 cm³/mol. The molecule has 0 spiro atoms. The Hall–Kier alpha value is -3.22. The molecule has 7 heteroatoms. The van der Waals surface area contributed by atoms with Crippen molar-refractivity contribution in [2.75, 3.05) is 7.05 Å². The van der Waals surface area contributed by atoms with Gasteiger partial charge in [-0.2, -0.15) is 0 Å². The fourth-order valence-corrected chi connectivity index (χ4v) is 2.56. The third kappa shape index (κ3) is 2.50. The van der Waals surface area contributed by atoms with Crippen molar-refractivity contribution in [3.05, 3.63) is 59.3 Å². The number of hydrogen-bond donors (Lipinski definition) is 3. The highest BCUT2D eigenvalue weighted by molar-refractivity contribution is 6.03. The molecule has 0 atom stereocenters. The number of rotatable bonds is 3. The Balaban J connectivity index is 2.23. The Kier molecular flexibility index (Phi) is 3.76. The van der Waals surface area contributed by atoms with Gasteiger partial charge in [0.25, 0.3) is 5.91 Å². The van der Waals surface area contributed by atoms with Crippen LogP contribution in [0.3, 0.4) is 0 Å². The van der Waals surface area contributed by atoms with Crippen LogP contribution in [0.2, 0.25) is 0 Å². The lowest BCUT2D eigenvalue weighted by Crippen LogP contribution is -2.17. The van der Waals surface area contributed by atoms with Crippen molar-refractivity contribution in [1.29, 1.82) is 0 Å². The molecule has 0 aliphatic rings. The minimum absolute atomic E-state index is 0.0782. The third-order valence-corrected chi connectivity index (χ3v) is 3.71. The number of amides is 1. The summed E-state index contributed by atoms with van der Waals surface area (Å²) in [5.74, 6) is -3.77. The molecule has 0 saturated carbocycles. The maximum atomic E-state index is 14.3. The van der Waals surface area contributed by atoms with E-state index in [-0.39, 0.29) is 17.2 Å². The number of carbonyl (C=O) groups is 2. The first kappa shape index (κ1) is 15.7. The van der Waals surface area contributed by atoms with Crippen LogP contribution in [0.1, 0.15) is 20.8 Å². The van der Waals surface area contributed by atoms with E-state index in [0.29, 0.717) is 22.5 Å². The third-order valence-electron chi connectivity index (χ3n) is 3.71. The summed E-state index contributed by atoms with van der Waals surface area (Å²) in [4.78, 5) is 25.5. The number of H-pyrrole nitrogens is 1. The second-order valence-corrected chi connectivity index (χ2v) is 5.15. The molecule has 0 aliphatic carbocycles. The van der Waals surface area contributed by atoms with E-state index in [1.165, 1.54) is 13.1 Å². The average molecular weight is 330 g/mol. The molecule has 1 heterocycles. The Morgan fingerprint density at radius 3 is 2.50 bits per heavy atom. The van der Waals surface area contributed by atoms with Crippen LogP contribution in [0, 0.1) is 11.6 Å². The first-order valence-corrected chi connectivity index (χ1v) is 6.99. The number of aromatic amines is 1. The molecule has 1 amide bonds. The number of aromatic nitrogens is 1. The lowest BCUT2D eigenvalue weighted by atomic mass is 9.99. The van der Waals surface area contributed by atoms with Crippen molar-refractivity contribution in [3.8, 4) is 11.1 Å². The highest BCUT2D eigenvalue weighted by atomic mass is 19.1. The minimum Gasteiger partial charge on any atom is -0.478 e.